The fraction of sp³-hybridized carbons (Fsp3) is 0.875. The van der Waals surface area contributed by atoms with Gasteiger partial charge in [-0.25, -0.2) is 0 Å². The molecule has 3 N–H and O–H groups in total. The quantitative estimate of drug-likeness (QED) is 0.521. The van der Waals surface area contributed by atoms with Gasteiger partial charge in [0.1, 0.15) is 0 Å². The van der Waals surface area contributed by atoms with Gasteiger partial charge in [-0.15, -0.1) is 0 Å². The van der Waals surface area contributed by atoms with Crippen LogP contribution in [0.4, 0.5) is 0 Å². The standard InChI is InChI=1S/C8H16N2OS/c1-9-8(12)10-6-3-2-4-7(11)5-6/h6-7,11H,2-5H2,1H3,(H2,9,10,12). The number of aliphatic hydroxyl groups is 1. The van der Waals surface area contributed by atoms with Gasteiger partial charge in [0.25, 0.3) is 0 Å². The van der Waals surface area contributed by atoms with E-state index in [9.17, 15) is 5.11 Å². The molecule has 2 atom stereocenters. The first-order valence-corrected chi connectivity index (χ1v) is 4.79. The van der Waals surface area contributed by atoms with Gasteiger partial charge in [-0.2, -0.15) is 0 Å². The minimum absolute atomic E-state index is 0.143. The molecule has 2 unspecified atom stereocenters. The predicted octanol–water partition coefficient (Wildman–Crippen LogP) is 0.384. The summed E-state index contributed by atoms with van der Waals surface area (Å²) in [4.78, 5) is 0. The molecule has 70 valence electrons. The molecule has 0 heterocycles. The van der Waals surface area contributed by atoms with E-state index >= 15 is 0 Å². The molecule has 1 fully saturated rings. The normalized spacial score (nSPS) is 29.5. The summed E-state index contributed by atoms with van der Waals surface area (Å²) in [5.74, 6) is 0. The SMILES string of the molecule is CNC(=S)NC1CCCC(O)C1. The molecule has 0 bridgehead atoms. The molecule has 0 spiro atoms. The van der Waals surface area contributed by atoms with Gasteiger partial charge in [-0.1, -0.05) is 0 Å². The minimum atomic E-state index is -0.143. The molecule has 3 nitrogen and oxygen atoms in total. The smallest absolute Gasteiger partial charge is 0.166 e. The molecule has 1 aliphatic carbocycles. The molecule has 0 aliphatic heterocycles. The number of hydrogen-bond acceptors (Lipinski definition) is 2. The molecule has 1 rings (SSSR count). The van der Waals surface area contributed by atoms with Gasteiger partial charge in [-0.05, 0) is 37.9 Å². The van der Waals surface area contributed by atoms with Gasteiger partial charge >= 0.3 is 0 Å². The molecule has 4 heteroatoms. The van der Waals surface area contributed by atoms with E-state index in [0.29, 0.717) is 11.2 Å². The summed E-state index contributed by atoms with van der Waals surface area (Å²) in [6.45, 7) is 0. The Balaban J connectivity index is 2.27. The molecule has 0 amide bonds. The second kappa shape index (κ2) is 4.62. The Bertz CT molecular complexity index is 163. The highest BCUT2D eigenvalue weighted by molar-refractivity contribution is 7.80. The van der Waals surface area contributed by atoms with Gasteiger partial charge in [0.05, 0.1) is 6.10 Å². The maximum atomic E-state index is 9.36. The van der Waals surface area contributed by atoms with E-state index in [1.165, 1.54) is 0 Å². The van der Waals surface area contributed by atoms with E-state index in [0.717, 1.165) is 25.7 Å². The van der Waals surface area contributed by atoms with Crippen LogP contribution in [0.5, 0.6) is 0 Å². The van der Waals surface area contributed by atoms with Crippen LogP contribution in [0.3, 0.4) is 0 Å². The van der Waals surface area contributed by atoms with E-state index in [1.807, 2.05) is 0 Å². The maximum absolute atomic E-state index is 9.36. The first-order valence-electron chi connectivity index (χ1n) is 4.38. The third kappa shape index (κ3) is 2.95. The number of aliphatic hydroxyl groups excluding tert-OH is 1. The zero-order chi connectivity index (χ0) is 8.97. The minimum Gasteiger partial charge on any atom is -0.393 e. The van der Waals surface area contributed by atoms with Crippen molar-refractivity contribution in [3.05, 3.63) is 0 Å². The fourth-order valence-corrected chi connectivity index (χ4v) is 1.72. The summed E-state index contributed by atoms with van der Waals surface area (Å²) in [6, 6.07) is 0.355. The Hall–Kier alpha value is -0.350. The van der Waals surface area contributed by atoms with Crippen molar-refractivity contribution < 1.29 is 5.11 Å². The molecular formula is C8H16N2OS. The number of hydrogen-bond donors (Lipinski definition) is 3. The first-order chi connectivity index (χ1) is 5.72. The molecular weight excluding hydrogens is 172 g/mol. The Morgan fingerprint density at radius 2 is 2.25 bits per heavy atom. The Kier molecular flexibility index (Phi) is 3.75. The fourth-order valence-electron chi connectivity index (χ4n) is 1.55. The van der Waals surface area contributed by atoms with Crippen molar-refractivity contribution in [2.45, 2.75) is 37.8 Å². The molecule has 0 aromatic rings. The average molecular weight is 188 g/mol. The topological polar surface area (TPSA) is 44.3 Å². The summed E-state index contributed by atoms with van der Waals surface area (Å²) < 4.78 is 0. The van der Waals surface area contributed by atoms with Crippen molar-refractivity contribution in [2.24, 2.45) is 0 Å². The molecule has 0 aromatic heterocycles. The lowest BCUT2D eigenvalue weighted by Crippen LogP contribution is -2.43. The van der Waals surface area contributed by atoms with Crippen molar-refractivity contribution >= 4 is 17.3 Å². The van der Waals surface area contributed by atoms with Crippen molar-refractivity contribution in [3.8, 4) is 0 Å². The van der Waals surface area contributed by atoms with Crippen LogP contribution in [0, 0.1) is 0 Å². The van der Waals surface area contributed by atoms with E-state index in [-0.39, 0.29) is 6.10 Å². The Labute approximate surface area is 78.5 Å². The van der Waals surface area contributed by atoms with Gasteiger partial charge < -0.3 is 15.7 Å². The highest BCUT2D eigenvalue weighted by Crippen LogP contribution is 2.17. The van der Waals surface area contributed by atoms with Gasteiger partial charge in [0.15, 0.2) is 5.11 Å². The van der Waals surface area contributed by atoms with Crippen molar-refractivity contribution in [1.29, 1.82) is 0 Å². The Morgan fingerprint density at radius 3 is 2.83 bits per heavy atom. The third-order valence-corrected chi connectivity index (χ3v) is 2.53. The van der Waals surface area contributed by atoms with Gasteiger partial charge in [-0.3, -0.25) is 0 Å². The second-order valence-electron chi connectivity index (χ2n) is 3.24. The summed E-state index contributed by atoms with van der Waals surface area (Å²) in [5, 5.41) is 16.1. The van der Waals surface area contributed by atoms with E-state index in [1.54, 1.807) is 7.05 Å². The predicted molar refractivity (Wildman–Crippen MR) is 53.1 cm³/mol. The first kappa shape index (κ1) is 9.74. The van der Waals surface area contributed by atoms with Crippen molar-refractivity contribution in [1.82, 2.24) is 10.6 Å². The van der Waals surface area contributed by atoms with Crippen LogP contribution < -0.4 is 10.6 Å². The number of rotatable bonds is 1. The monoisotopic (exact) mass is 188 g/mol. The Morgan fingerprint density at radius 1 is 1.50 bits per heavy atom. The molecule has 1 saturated carbocycles. The van der Waals surface area contributed by atoms with Gasteiger partial charge in [0, 0.05) is 13.1 Å². The van der Waals surface area contributed by atoms with E-state index in [4.69, 9.17) is 12.2 Å². The molecule has 0 saturated heterocycles. The summed E-state index contributed by atoms with van der Waals surface area (Å²) in [7, 11) is 1.80. The summed E-state index contributed by atoms with van der Waals surface area (Å²) in [5.41, 5.74) is 0. The van der Waals surface area contributed by atoms with Gasteiger partial charge in [0.2, 0.25) is 0 Å². The second-order valence-corrected chi connectivity index (χ2v) is 3.65. The maximum Gasteiger partial charge on any atom is 0.166 e. The third-order valence-electron chi connectivity index (χ3n) is 2.21. The molecule has 0 radical (unpaired) electrons. The highest BCUT2D eigenvalue weighted by Gasteiger charge is 2.19. The zero-order valence-corrected chi connectivity index (χ0v) is 8.16. The summed E-state index contributed by atoms with van der Waals surface area (Å²) in [6.07, 6.45) is 3.81. The largest absolute Gasteiger partial charge is 0.393 e. The average Bonchev–Trinajstić information content (AvgIpc) is 2.04. The van der Waals surface area contributed by atoms with Crippen molar-refractivity contribution in [2.75, 3.05) is 7.05 Å². The van der Waals surface area contributed by atoms with Crippen LogP contribution in [0.15, 0.2) is 0 Å². The summed E-state index contributed by atoms with van der Waals surface area (Å²) >= 11 is 4.97. The number of nitrogens with one attached hydrogen (secondary N) is 2. The molecule has 0 aromatic carbocycles. The van der Waals surface area contributed by atoms with Crippen LogP contribution in [-0.2, 0) is 0 Å². The lowest BCUT2D eigenvalue weighted by molar-refractivity contribution is 0.116. The van der Waals surface area contributed by atoms with Crippen molar-refractivity contribution in [3.63, 3.8) is 0 Å². The lowest BCUT2D eigenvalue weighted by Gasteiger charge is -2.27. The van der Waals surface area contributed by atoms with Crippen LogP contribution in [0.2, 0.25) is 0 Å². The molecule has 1 aliphatic rings. The lowest BCUT2D eigenvalue weighted by atomic mass is 9.93. The van der Waals surface area contributed by atoms with E-state index in [2.05, 4.69) is 10.6 Å². The van der Waals surface area contributed by atoms with Crippen LogP contribution >= 0.6 is 12.2 Å². The van der Waals surface area contributed by atoms with Crippen LogP contribution in [0.25, 0.3) is 0 Å². The zero-order valence-electron chi connectivity index (χ0n) is 7.34. The van der Waals surface area contributed by atoms with Crippen LogP contribution in [-0.4, -0.2) is 29.4 Å². The number of thiocarbonyl (C=S) groups is 1. The van der Waals surface area contributed by atoms with Crippen LogP contribution in [0.1, 0.15) is 25.7 Å². The molecule has 12 heavy (non-hydrogen) atoms. The highest BCUT2D eigenvalue weighted by atomic mass is 32.1. The van der Waals surface area contributed by atoms with E-state index < -0.39 is 0 Å².